The molecule has 0 saturated heterocycles. The van der Waals surface area contributed by atoms with Gasteiger partial charge in [0.05, 0.1) is 5.56 Å². The van der Waals surface area contributed by atoms with Crippen molar-refractivity contribution in [3.8, 4) is 0 Å². The Balaban J connectivity index is 3.04. The average molecular weight is 265 g/mol. The van der Waals surface area contributed by atoms with Crippen LogP contribution in [0.1, 0.15) is 44.1 Å². The van der Waals surface area contributed by atoms with E-state index in [1.54, 1.807) is 0 Å². The van der Waals surface area contributed by atoms with Gasteiger partial charge in [-0.2, -0.15) is 0 Å². The SMILES string of the molecule is CCC(C)(C)CNc1cc(C)nc(C)c1C(N)=S. The molecule has 0 unspecified atom stereocenters. The van der Waals surface area contributed by atoms with Crippen LogP contribution in [0.25, 0.3) is 0 Å². The lowest BCUT2D eigenvalue weighted by Crippen LogP contribution is -2.24. The Labute approximate surface area is 115 Å². The molecule has 4 heteroatoms. The molecule has 3 nitrogen and oxygen atoms in total. The average Bonchev–Trinajstić information content (AvgIpc) is 2.25. The molecule has 100 valence electrons. The zero-order valence-electron chi connectivity index (χ0n) is 11.9. The van der Waals surface area contributed by atoms with E-state index in [9.17, 15) is 0 Å². The van der Waals surface area contributed by atoms with Gasteiger partial charge in [-0.1, -0.05) is 33.0 Å². The first kappa shape index (κ1) is 14.9. The van der Waals surface area contributed by atoms with Crippen molar-refractivity contribution in [1.29, 1.82) is 0 Å². The highest BCUT2D eigenvalue weighted by atomic mass is 32.1. The van der Waals surface area contributed by atoms with Crippen molar-refractivity contribution in [2.75, 3.05) is 11.9 Å². The number of nitrogens with two attached hydrogens (primary N) is 1. The first-order chi connectivity index (χ1) is 8.26. The third-order valence-electron chi connectivity index (χ3n) is 3.29. The Morgan fingerprint density at radius 2 is 2.06 bits per heavy atom. The lowest BCUT2D eigenvalue weighted by molar-refractivity contribution is 0.377. The Hall–Kier alpha value is -1.16. The number of anilines is 1. The topological polar surface area (TPSA) is 50.9 Å². The van der Waals surface area contributed by atoms with Crippen LogP contribution in [-0.2, 0) is 0 Å². The summed E-state index contributed by atoms with van der Waals surface area (Å²) < 4.78 is 0. The zero-order chi connectivity index (χ0) is 13.9. The molecule has 0 amide bonds. The maximum atomic E-state index is 5.79. The lowest BCUT2D eigenvalue weighted by Gasteiger charge is -2.25. The number of pyridine rings is 1. The second kappa shape index (κ2) is 5.65. The van der Waals surface area contributed by atoms with Crippen molar-refractivity contribution in [2.45, 2.75) is 41.0 Å². The van der Waals surface area contributed by atoms with Crippen LogP contribution >= 0.6 is 12.2 Å². The summed E-state index contributed by atoms with van der Waals surface area (Å²) in [4.78, 5) is 4.81. The quantitative estimate of drug-likeness (QED) is 0.803. The minimum absolute atomic E-state index is 0.249. The summed E-state index contributed by atoms with van der Waals surface area (Å²) in [7, 11) is 0. The van der Waals surface area contributed by atoms with Gasteiger partial charge in [0.2, 0.25) is 0 Å². The molecule has 0 spiro atoms. The fourth-order valence-electron chi connectivity index (χ4n) is 1.74. The number of hydrogen-bond donors (Lipinski definition) is 2. The molecule has 1 aromatic heterocycles. The van der Waals surface area contributed by atoms with Gasteiger partial charge in [0.25, 0.3) is 0 Å². The van der Waals surface area contributed by atoms with Gasteiger partial charge in [0.1, 0.15) is 4.99 Å². The fraction of sp³-hybridized carbons (Fsp3) is 0.571. The molecule has 0 aliphatic carbocycles. The molecule has 1 rings (SSSR count). The number of aromatic nitrogens is 1. The maximum Gasteiger partial charge on any atom is 0.107 e. The Morgan fingerprint density at radius 3 is 2.56 bits per heavy atom. The van der Waals surface area contributed by atoms with E-state index in [-0.39, 0.29) is 5.41 Å². The van der Waals surface area contributed by atoms with E-state index in [4.69, 9.17) is 18.0 Å². The summed E-state index contributed by atoms with van der Waals surface area (Å²) in [6.07, 6.45) is 1.12. The number of thiocarbonyl (C=S) groups is 1. The molecule has 0 atom stereocenters. The Kier molecular flexibility index (Phi) is 4.68. The molecule has 3 N–H and O–H groups in total. The van der Waals surface area contributed by atoms with Crippen molar-refractivity contribution < 1.29 is 0 Å². The van der Waals surface area contributed by atoms with Crippen LogP contribution in [0, 0.1) is 19.3 Å². The Bertz CT molecular complexity index is 453. The zero-order valence-corrected chi connectivity index (χ0v) is 12.7. The molecule has 0 saturated carbocycles. The molecule has 0 bridgehead atoms. The van der Waals surface area contributed by atoms with Crippen LogP contribution in [0.15, 0.2) is 6.07 Å². The largest absolute Gasteiger partial charge is 0.389 e. The smallest absolute Gasteiger partial charge is 0.107 e. The van der Waals surface area contributed by atoms with Crippen molar-refractivity contribution >= 4 is 22.9 Å². The minimum Gasteiger partial charge on any atom is -0.389 e. The maximum absolute atomic E-state index is 5.79. The number of hydrogen-bond acceptors (Lipinski definition) is 3. The number of aryl methyl sites for hydroxylation is 2. The molecule has 1 heterocycles. The molecule has 0 radical (unpaired) electrons. The van der Waals surface area contributed by atoms with Crippen molar-refractivity contribution in [1.82, 2.24) is 4.98 Å². The summed E-state index contributed by atoms with van der Waals surface area (Å²) in [5, 5.41) is 3.46. The van der Waals surface area contributed by atoms with E-state index in [1.807, 2.05) is 19.9 Å². The van der Waals surface area contributed by atoms with Gasteiger partial charge in [-0.05, 0) is 31.7 Å². The molecule has 1 aromatic rings. The molecule has 18 heavy (non-hydrogen) atoms. The van der Waals surface area contributed by atoms with E-state index in [0.29, 0.717) is 4.99 Å². The highest BCUT2D eigenvalue weighted by molar-refractivity contribution is 7.80. The van der Waals surface area contributed by atoms with Crippen LogP contribution < -0.4 is 11.1 Å². The van der Waals surface area contributed by atoms with E-state index < -0.39 is 0 Å². The van der Waals surface area contributed by atoms with Gasteiger partial charge < -0.3 is 11.1 Å². The predicted molar refractivity (Wildman–Crippen MR) is 82.2 cm³/mol. The summed E-state index contributed by atoms with van der Waals surface area (Å²) in [6, 6.07) is 2.01. The molecule has 0 aromatic carbocycles. The highest BCUT2D eigenvalue weighted by Gasteiger charge is 2.17. The van der Waals surface area contributed by atoms with E-state index in [1.165, 1.54) is 0 Å². The molecule has 0 fully saturated rings. The summed E-state index contributed by atoms with van der Waals surface area (Å²) >= 11 is 5.11. The minimum atomic E-state index is 0.249. The number of nitrogens with one attached hydrogen (secondary N) is 1. The van der Waals surface area contributed by atoms with Gasteiger partial charge in [-0.3, -0.25) is 4.98 Å². The van der Waals surface area contributed by atoms with Gasteiger partial charge >= 0.3 is 0 Å². The first-order valence-electron chi connectivity index (χ1n) is 6.29. The summed E-state index contributed by atoms with van der Waals surface area (Å²) in [5.74, 6) is 0. The predicted octanol–water partition coefficient (Wildman–Crippen LogP) is 3.18. The van der Waals surface area contributed by atoms with E-state index in [2.05, 4.69) is 31.1 Å². The number of rotatable bonds is 5. The van der Waals surface area contributed by atoms with Crippen molar-refractivity contribution in [3.63, 3.8) is 0 Å². The second-order valence-corrected chi connectivity index (χ2v) is 5.95. The highest BCUT2D eigenvalue weighted by Crippen LogP contribution is 2.24. The summed E-state index contributed by atoms with van der Waals surface area (Å²) in [6.45, 7) is 11.5. The molecular weight excluding hydrogens is 242 g/mol. The normalized spacial score (nSPS) is 11.4. The van der Waals surface area contributed by atoms with Crippen LogP contribution in [0.2, 0.25) is 0 Å². The lowest BCUT2D eigenvalue weighted by atomic mass is 9.90. The van der Waals surface area contributed by atoms with Gasteiger partial charge in [-0.15, -0.1) is 0 Å². The molecule has 0 aliphatic rings. The van der Waals surface area contributed by atoms with Gasteiger partial charge in [0, 0.05) is 23.6 Å². The van der Waals surface area contributed by atoms with Crippen LogP contribution in [-0.4, -0.2) is 16.5 Å². The van der Waals surface area contributed by atoms with Crippen molar-refractivity contribution in [2.24, 2.45) is 11.1 Å². The third kappa shape index (κ3) is 3.67. The van der Waals surface area contributed by atoms with E-state index >= 15 is 0 Å². The third-order valence-corrected chi connectivity index (χ3v) is 3.49. The summed E-state index contributed by atoms with van der Waals surface area (Å²) in [5.41, 5.74) is 9.76. The van der Waals surface area contributed by atoms with E-state index in [0.717, 1.165) is 35.6 Å². The van der Waals surface area contributed by atoms with Crippen LogP contribution in [0.3, 0.4) is 0 Å². The Morgan fingerprint density at radius 1 is 1.44 bits per heavy atom. The second-order valence-electron chi connectivity index (χ2n) is 5.51. The first-order valence-corrected chi connectivity index (χ1v) is 6.69. The molecule has 0 aliphatic heterocycles. The van der Waals surface area contributed by atoms with Crippen molar-refractivity contribution in [3.05, 3.63) is 23.0 Å². The fourth-order valence-corrected chi connectivity index (χ4v) is 2.00. The monoisotopic (exact) mass is 265 g/mol. The van der Waals surface area contributed by atoms with Gasteiger partial charge in [0.15, 0.2) is 0 Å². The standard InChI is InChI=1S/C14H23N3S/c1-6-14(4,5)8-16-11-7-9(2)17-10(3)12(11)13(15)18/h7H,6,8H2,1-5H3,(H2,15,18)(H,16,17). The van der Waals surface area contributed by atoms with Gasteiger partial charge in [-0.25, -0.2) is 0 Å². The molecular formula is C14H23N3S. The van der Waals surface area contributed by atoms with Crippen LogP contribution in [0.4, 0.5) is 5.69 Å². The van der Waals surface area contributed by atoms with Crippen LogP contribution in [0.5, 0.6) is 0 Å². The number of nitrogens with zero attached hydrogens (tertiary/aromatic N) is 1.